The highest BCUT2D eigenvalue weighted by molar-refractivity contribution is 5.34. The van der Waals surface area contributed by atoms with E-state index < -0.39 is 12.2 Å². The molecule has 1 aromatic heterocycles. The van der Waals surface area contributed by atoms with E-state index in [0.717, 1.165) is 24.7 Å². The van der Waals surface area contributed by atoms with Gasteiger partial charge in [-0.1, -0.05) is 6.08 Å². The zero-order chi connectivity index (χ0) is 15.0. The SMILES string of the molecule is ON1C=CC=C(Cc2cncnc2C2CC2)C1C(F)(F)F. The highest BCUT2D eigenvalue weighted by atomic mass is 19.4. The Balaban J connectivity index is 1.89. The van der Waals surface area contributed by atoms with Gasteiger partial charge in [0.1, 0.15) is 6.33 Å². The van der Waals surface area contributed by atoms with E-state index in [4.69, 9.17) is 0 Å². The zero-order valence-electron chi connectivity index (χ0n) is 11.1. The minimum absolute atomic E-state index is 0.0816. The van der Waals surface area contributed by atoms with E-state index in [1.807, 2.05) is 0 Å². The largest absolute Gasteiger partial charge is 0.415 e. The minimum atomic E-state index is -4.54. The van der Waals surface area contributed by atoms with Crippen LogP contribution in [0.2, 0.25) is 0 Å². The normalized spacial score (nSPS) is 22.4. The van der Waals surface area contributed by atoms with E-state index in [1.54, 1.807) is 6.20 Å². The highest BCUT2D eigenvalue weighted by Gasteiger charge is 2.46. The molecule has 2 aliphatic rings. The fraction of sp³-hybridized carbons (Fsp3) is 0.429. The first-order valence-corrected chi connectivity index (χ1v) is 6.67. The van der Waals surface area contributed by atoms with Crippen molar-refractivity contribution in [3.05, 3.63) is 47.7 Å². The molecular weight excluding hydrogens is 283 g/mol. The Hall–Kier alpha value is -1.89. The Morgan fingerprint density at radius 3 is 2.76 bits per heavy atom. The molecule has 0 bridgehead atoms. The quantitative estimate of drug-likeness (QED) is 0.932. The standard InChI is InChI=1S/C14H14F3N3O/c15-14(16,17)13-10(2-1-5-20(13)21)6-11-7-18-8-19-12(11)9-3-4-9/h1-2,5,7-9,13,21H,3-4,6H2. The summed E-state index contributed by atoms with van der Waals surface area (Å²) in [5, 5.41) is 9.70. The van der Waals surface area contributed by atoms with Crippen LogP contribution in [-0.4, -0.2) is 32.5 Å². The van der Waals surface area contributed by atoms with Crippen molar-refractivity contribution in [3.8, 4) is 0 Å². The van der Waals surface area contributed by atoms with Crippen molar-refractivity contribution in [2.75, 3.05) is 0 Å². The van der Waals surface area contributed by atoms with Gasteiger partial charge in [-0.3, -0.25) is 5.21 Å². The van der Waals surface area contributed by atoms with Crippen LogP contribution in [0, 0.1) is 0 Å². The predicted molar refractivity (Wildman–Crippen MR) is 68.4 cm³/mol. The van der Waals surface area contributed by atoms with Crippen LogP contribution < -0.4 is 0 Å². The molecule has 1 aromatic rings. The van der Waals surface area contributed by atoms with Crippen LogP contribution in [0.5, 0.6) is 0 Å². The molecule has 0 amide bonds. The molecule has 0 saturated heterocycles. The van der Waals surface area contributed by atoms with E-state index in [2.05, 4.69) is 9.97 Å². The third kappa shape index (κ3) is 2.92. The molecule has 1 N–H and O–H groups in total. The minimum Gasteiger partial charge on any atom is -0.288 e. The molecule has 2 heterocycles. The Bertz CT molecular complexity index is 593. The number of rotatable bonds is 3. The maximum Gasteiger partial charge on any atom is 0.415 e. The van der Waals surface area contributed by atoms with Gasteiger partial charge in [-0.2, -0.15) is 13.2 Å². The summed E-state index contributed by atoms with van der Waals surface area (Å²) in [4.78, 5) is 8.11. The second-order valence-corrected chi connectivity index (χ2v) is 5.29. The van der Waals surface area contributed by atoms with Gasteiger partial charge in [0.2, 0.25) is 0 Å². The number of aromatic nitrogens is 2. The smallest absolute Gasteiger partial charge is 0.288 e. The molecule has 3 rings (SSSR count). The van der Waals surface area contributed by atoms with Crippen molar-refractivity contribution in [1.29, 1.82) is 0 Å². The van der Waals surface area contributed by atoms with Crippen LogP contribution in [0.3, 0.4) is 0 Å². The summed E-state index contributed by atoms with van der Waals surface area (Å²) >= 11 is 0. The molecule has 1 unspecified atom stereocenters. The number of nitrogens with zero attached hydrogens (tertiary/aromatic N) is 3. The number of halogens is 3. The Morgan fingerprint density at radius 1 is 1.33 bits per heavy atom. The van der Waals surface area contributed by atoms with E-state index in [9.17, 15) is 18.4 Å². The van der Waals surface area contributed by atoms with Crippen LogP contribution in [0.15, 0.2) is 36.4 Å². The van der Waals surface area contributed by atoms with Gasteiger partial charge in [0.05, 0.1) is 5.69 Å². The molecule has 0 radical (unpaired) electrons. The molecule has 0 aromatic carbocycles. The summed E-state index contributed by atoms with van der Waals surface area (Å²) in [6.45, 7) is 0. The van der Waals surface area contributed by atoms with E-state index in [-0.39, 0.29) is 17.1 Å². The topological polar surface area (TPSA) is 49.2 Å². The second-order valence-electron chi connectivity index (χ2n) is 5.29. The summed E-state index contributed by atoms with van der Waals surface area (Å²) < 4.78 is 39.3. The molecule has 21 heavy (non-hydrogen) atoms. The van der Waals surface area contributed by atoms with Crippen molar-refractivity contribution in [1.82, 2.24) is 15.0 Å². The maximum atomic E-state index is 13.1. The number of hydroxylamine groups is 2. The fourth-order valence-corrected chi connectivity index (χ4v) is 2.57. The van der Waals surface area contributed by atoms with Gasteiger partial charge in [0, 0.05) is 18.3 Å². The molecule has 4 nitrogen and oxygen atoms in total. The molecule has 1 saturated carbocycles. The Labute approximate surface area is 119 Å². The second kappa shape index (κ2) is 5.14. The number of allylic oxidation sites excluding steroid dienone is 2. The fourth-order valence-electron chi connectivity index (χ4n) is 2.57. The van der Waals surface area contributed by atoms with Gasteiger partial charge in [0.25, 0.3) is 0 Å². The van der Waals surface area contributed by atoms with Gasteiger partial charge < -0.3 is 0 Å². The van der Waals surface area contributed by atoms with Crippen molar-refractivity contribution < 1.29 is 18.4 Å². The predicted octanol–water partition coefficient (Wildman–Crippen LogP) is 2.97. The average molecular weight is 297 g/mol. The van der Waals surface area contributed by atoms with Gasteiger partial charge in [-0.25, -0.2) is 15.0 Å². The van der Waals surface area contributed by atoms with Crippen LogP contribution in [0.4, 0.5) is 13.2 Å². The molecule has 7 heteroatoms. The lowest BCUT2D eigenvalue weighted by Gasteiger charge is -2.31. The first-order valence-electron chi connectivity index (χ1n) is 6.67. The zero-order valence-corrected chi connectivity index (χ0v) is 11.1. The summed E-state index contributed by atoms with van der Waals surface area (Å²) in [6, 6.07) is -2.02. The first kappa shape index (κ1) is 14.1. The van der Waals surface area contributed by atoms with Crippen LogP contribution in [0.1, 0.15) is 30.0 Å². The number of alkyl halides is 3. The highest BCUT2D eigenvalue weighted by Crippen LogP contribution is 2.41. The molecule has 1 aliphatic carbocycles. The van der Waals surface area contributed by atoms with Crippen LogP contribution >= 0.6 is 0 Å². The number of hydrogen-bond donors (Lipinski definition) is 1. The lowest BCUT2D eigenvalue weighted by atomic mass is 9.95. The van der Waals surface area contributed by atoms with Crippen molar-refractivity contribution in [3.63, 3.8) is 0 Å². The summed E-state index contributed by atoms with van der Waals surface area (Å²) in [5.74, 6) is 0.331. The van der Waals surface area contributed by atoms with Gasteiger partial charge >= 0.3 is 6.18 Å². The number of hydrogen-bond acceptors (Lipinski definition) is 4. The van der Waals surface area contributed by atoms with E-state index in [1.165, 1.54) is 18.5 Å². The Morgan fingerprint density at radius 2 is 2.10 bits per heavy atom. The lowest BCUT2D eigenvalue weighted by molar-refractivity contribution is -0.222. The monoisotopic (exact) mass is 297 g/mol. The molecule has 1 aliphatic heterocycles. The summed E-state index contributed by atoms with van der Waals surface area (Å²) in [7, 11) is 0. The van der Waals surface area contributed by atoms with Gasteiger partial charge in [-0.05, 0) is 36.5 Å². The maximum absolute atomic E-state index is 13.1. The van der Waals surface area contributed by atoms with Crippen LogP contribution in [-0.2, 0) is 6.42 Å². The van der Waals surface area contributed by atoms with Crippen LogP contribution in [0.25, 0.3) is 0 Å². The molecule has 112 valence electrons. The van der Waals surface area contributed by atoms with E-state index >= 15 is 0 Å². The van der Waals surface area contributed by atoms with Gasteiger partial charge in [-0.15, -0.1) is 0 Å². The molecule has 1 atom stereocenters. The van der Waals surface area contributed by atoms with Crippen molar-refractivity contribution >= 4 is 0 Å². The third-order valence-electron chi connectivity index (χ3n) is 3.66. The van der Waals surface area contributed by atoms with Crippen molar-refractivity contribution in [2.24, 2.45) is 0 Å². The third-order valence-corrected chi connectivity index (χ3v) is 3.66. The first-order chi connectivity index (χ1) is 9.97. The molecular formula is C14H14F3N3O. The summed E-state index contributed by atoms with van der Waals surface area (Å²) in [6.07, 6.45) is 4.35. The molecule has 1 fully saturated rings. The van der Waals surface area contributed by atoms with Crippen molar-refractivity contribution in [2.45, 2.75) is 37.4 Å². The molecule has 0 spiro atoms. The van der Waals surface area contributed by atoms with Gasteiger partial charge in [0.15, 0.2) is 6.04 Å². The Kier molecular flexibility index (Phi) is 3.44. The lowest BCUT2D eigenvalue weighted by Crippen LogP contribution is -2.44. The average Bonchev–Trinajstić information content (AvgIpc) is 3.22. The van der Waals surface area contributed by atoms with E-state index in [0.29, 0.717) is 11.5 Å². The summed E-state index contributed by atoms with van der Waals surface area (Å²) in [5.41, 5.74) is 1.61.